The van der Waals surface area contributed by atoms with Crippen molar-refractivity contribution in [3.8, 4) is 12.3 Å². The zero-order valence-corrected chi connectivity index (χ0v) is 40.0. The summed E-state index contributed by atoms with van der Waals surface area (Å²) in [5, 5.41) is 5.81. The van der Waals surface area contributed by atoms with E-state index in [1.165, 1.54) is 17.8 Å². The lowest BCUT2D eigenvalue weighted by Gasteiger charge is -2.39. The Hall–Kier alpha value is -5.26. The molecule has 0 spiro atoms. The zero-order chi connectivity index (χ0) is 50.5. The van der Waals surface area contributed by atoms with Crippen molar-refractivity contribution in [3.63, 3.8) is 0 Å². The second-order valence-electron chi connectivity index (χ2n) is 13.6. The lowest BCUT2D eigenvalue weighted by Crippen LogP contribution is -2.64. The Bertz CT molecular complexity index is 1810. The van der Waals surface area contributed by atoms with E-state index in [4.69, 9.17) is 73.7 Å². The van der Waals surface area contributed by atoms with Crippen LogP contribution in [0.3, 0.4) is 0 Å². The van der Waals surface area contributed by atoms with Gasteiger partial charge in [-0.15, -0.1) is 18.2 Å². The Morgan fingerprint density at radius 3 is 1.88 bits per heavy atom. The SMILES string of the molecule is C#CC1/C=C(OCC(=O)NC2(COC(N)OCCOCCOC(=O)C=C)COC(OCCOCCOC(=O)C=C)NC(OCCOCCOC(=O)C=C)OC2)\C=C/CSc2ccccc2C1=O.CC. The maximum atomic E-state index is 13.8. The monoisotopic (exact) mass is 991 g/mol. The number of hydrogen-bond acceptors (Lipinski definition) is 21. The Kier molecular flexibility index (Phi) is 31.8. The molecule has 1 amide bonds. The number of nitrogens with two attached hydrogens (primary N) is 1. The van der Waals surface area contributed by atoms with Gasteiger partial charge in [-0.3, -0.25) is 15.3 Å². The average Bonchev–Trinajstić information content (AvgIpc) is 3.36. The number of esters is 3. The van der Waals surface area contributed by atoms with Gasteiger partial charge in [-0.05, 0) is 18.2 Å². The molecule has 2 aliphatic heterocycles. The van der Waals surface area contributed by atoms with Crippen molar-refractivity contribution in [1.82, 2.24) is 10.6 Å². The van der Waals surface area contributed by atoms with Crippen molar-refractivity contribution in [2.75, 3.05) is 111 Å². The van der Waals surface area contributed by atoms with E-state index in [0.29, 0.717) is 11.3 Å². The highest BCUT2D eigenvalue weighted by atomic mass is 32.2. The predicted octanol–water partition coefficient (Wildman–Crippen LogP) is 2.31. The maximum absolute atomic E-state index is 13.8. The largest absolute Gasteiger partial charge is 0.484 e. The van der Waals surface area contributed by atoms with E-state index in [2.05, 4.69) is 36.3 Å². The van der Waals surface area contributed by atoms with Gasteiger partial charge in [0.15, 0.2) is 12.4 Å². The summed E-state index contributed by atoms with van der Waals surface area (Å²) in [7, 11) is 0. The number of hydrogen-bond donors (Lipinski definition) is 3. The van der Waals surface area contributed by atoms with Crippen molar-refractivity contribution in [2.24, 2.45) is 11.7 Å². The van der Waals surface area contributed by atoms with E-state index in [1.54, 1.807) is 18.2 Å². The molecule has 2 aliphatic rings. The molecule has 0 bridgehead atoms. The van der Waals surface area contributed by atoms with Gasteiger partial charge in [-0.2, -0.15) is 0 Å². The van der Waals surface area contributed by atoms with Crippen LogP contribution in [-0.4, -0.2) is 166 Å². The van der Waals surface area contributed by atoms with Crippen molar-refractivity contribution in [3.05, 3.63) is 91.8 Å². The summed E-state index contributed by atoms with van der Waals surface area (Å²) >= 11 is 1.45. The number of thioether (sulfide) groups is 1. The van der Waals surface area contributed by atoms with Gasteiger partial charge in [0.25, 0.3) is 5.91 Å². The van der Waals surface area contributed by atoms with Crippen LogP contribution in [0.2, 0.25) is 0 Å². The molecule has 1 aromatic rings. The molecule has 1 fully saturated rings. The molecule has 3 rings (SSSR count). The number of benzene rings is 1. The summed E-state index contributed by atoms with van der Waals surface area (Å²) in [6.07, 6.45) is 10.0. The second-order valence-corrected chi connectivity index (χ2v) is 14.7. The van der Waals surface area contributed by atoms with E-state index in [1.807, 2.05) is 32.1 Å². The molecule has 4 unspecified atom stereocenters. The Labute approximate surface area is 407 Å². The predicted molar refractivity (Wildman–Crippen MR) is 250 cm³/mol. The number of fused-ring (bicyclic) bond motifs is 1. The molecule has 382 valence electrons. The van der Waals surface area contributed by atoms with Crippen LogP contribution in [0.15, 0.2) is 91.1 Å². The third-order valence-corrected chi connectivity index (χ3v) is 9.60. The minimum absolute atomic E-state index is 0.00659. The lowest BCUT2D eigenvalue weighted by atomic mass is 9.97. The first-order chi connectivity index (χ1) is 33.5. The Morgan fingerprint density at radius 2 is 1.35 bits per heavy atom. The molecule has 1 aromatic carbocycles. The highest BCUT2D eigenvalue weighted by molar-refractivity contribution is 7.99. The summed E-state index contributed by atoms with van der Waals surface area (Å²) in [6.45, 7) is 12.9. The molecule has 69 heavy (non-hydrogen) atoms. The molecule has 22 heteroatoms. The quantitative estimate of drug-likeness (QED) is 0.0241. The third-order valence-electron chi connectivity index (χ3n) is 8.57. The molecule has 4 N–H and O–H groups in total. The second kappa shape index (κ2) is 36.7. The summed E-state index contributed by atoms with van der Waals surface area (Å²) in [6, 6.07) is 7.16. The normalized spacial score (nSPS) is 20.7. The molecular formula is C47H65N3O18S. The fraction of sp³-hybridized carbons (Fsp3) is 0.511. The number of nitrogens with one attached hydrogen (secondary N) is 2. The molecule has 0 radical (unpaired) electrons. The topological polar surface area (TPSA) is 255 Å². The number of rotatable bonds is 31. The fourth-order valence-electron chi connectivity index (χ4n) is 5.39. The van der Waals surface area contributed by atoms with Crippen LogP contribution in [0.5, 0.6) is 0 Å². The van der Waals surface area contributed by atoms with Crippen LogP contribution in [0.1, 0.15) is 24.2 Å². The van der Waals surface area contributed by atoms with Crippen molar-refractivity contribution in [1.29, 1.82) is 0 Å². The Balaban J connectivity index is 0.00000805. The molecule has 2 heterocycles. The first-order valence-corrected chi connectivity index (χ1v) is 22.9. The minimum Gasteiger partial charge on any atom is -0.484 e. The molecule has 0 aliphatic carbocycles. The van der Waals surface area contributed by atoms with Crippen LogP contribution in [-0.2, 0) is 80.8 Å². The number of carbonyl (C=O) groups excluding carboxylic acids is 5. The van der Waals surface area contributed by atoms with Gasteiger partial charge in [-0.25, -0.2) is 19.7 Å². The molecule has 21 nitrogen and oxygen atoms in total. The van der Waals surface area contributed by atoms with E-state index < -0.39 is 61.1 Å². The van der Waals surface area contributed by atoms with Crippen LogP contribution in [0, 0.1) is 18.3 Å². The average molecular weight is 992 g/mol. The van der Waals surface area contributed by atoms with Gasteiger partial charge >= 0.3 is 17.9 Å². The van der Waals surface area contributed by atoms with Gasteiger partial charge in [0, 0.05) is 34.4 Å². The van der Waals surface area contributed by atoms with Gasteiger partial charge in [0.1, 0.15) is 37.0 Å². The van der Waals surface area contributed by atoms with Gasteiger partial charge in [0.2, 0.25) is 19.2 Å². The zero-order valence-electron chi connectivity index (χ0n) is 39.1. The van der Waals surface area contributed by atoms with Crippen molar-refractivity contribution >= 4 is 41.4 Å². The van der Waals surface area contributed by atoms with E-state index in [-0.39, 0.29) is 111 Å². The fourth-order valence-corrected chi connectivity index (χ4v) is 6.26. The molecule has 0 saturated carbocycles. The van der Waals surface area contributed by atoms with Crippen LogP contribution < -0.4 is 16.4 Å². The van der Waals surface area contributed by atoms with Gasteiger partial charge in [-0.1, -0.05) is 63.8 Å². The minimum atomic E-state index is -1.52. The summed E-state index contributed by atoms with van der Waals surface area (Å²) < 4.78 is 72.4. The van der Waals surface area contributed by atoms with E-state index in [9.17, 15) is 24.0 Å². The highest BCUT2D eigenvalue weighted by Crippen LogP contribution is 2.27. The number of carbonyl (C=O) groups is 5. The molecule has 4 atom stereocenters. The van der Waals surface area contributed by atoms with Crippen LogP contribution in [0.25, 0.3) is 0 Å². The molecular weight excluding hydrogens is 927 g/mol. The summed E-state index contributed by atoms with van der Waals surface area (Å²) in [4.78, 5) is 62.0. The molecule has 0 aromatic heterocycles. The number of ether oxygens (including phenoxy) is 13. The van der Waals surface area contributed by atoms with E-state index in [0.717, 1.165) is 23.1 Å². The summed E-state index contributed by atoms with van der Waals surface area (Å²) in [5.74, 6) is -0.514. The maximum Gasteiger partial charge on any atom is 0.330 e. The van der Waals surface area contributed by atoms with Crippen molar-refractivity contribution < 1.29 is 85.6 Å². The van der Waals surface area contributed by atoms with Gasteiger partial charge < -0.3 is 66.9 Å². The van der Waals surface area contributed by atoms with Crippen molar-refractivity contribution in [2.45, 2.75) is 43.5 Å². The highest BCUT2D eigenvalue weighted by Gasteiger charge is 2.39. The number of Topliss-reactive ketones (excluding diaryl/α,β-unsaturated/α-hetero) is 1. The first-order valence-electron chi connectivity index (χ1n) is 21.9. The lowest BCUT2D eigenvalue weighted by molar-refractivity contribution is -0.277. The number of terminal acetylenes is 1. The first kappa shape index (κ1) is 59.9. The van der Waals surface area contributed by atoms with Crippen LogP contribution >= 0.6 is 11.8 Å². The number of ketones is 1. The van der Waals surface area contributed by atoms with Crippen LogP contribution in [0.4, 0.5) is 0 Å². The number of allylic oxidation sites excluding steroid dienone is 2. The number of amides is 1. The third kappa shape index (κ3) is 25.8. The van der Waals surface area contributed by atoms with E-state index >= 15 is 0 Å². The summed E-state index contributed by atoms with van der Waals surface area (Å²) in [5.41, 5.74) is 5.10. The standard InChI is InChI=1S/C45H59N3O18S.C2H6/c1-5-33-28-34(12-11-27-67-36-14-10-9-13-35(36)41(33)53)63-29-37(49)48-45(30-64-42(46)60-24-18-54-15-21-57-38(50)6-2)31-65-43(61-25-19-55-16-22-58-39(51)7-3)47-44(66-32-45)62-26-20-56-17-23-59-40(52)8-4;1-2/h1,6-14,28,33,42-44,47H,2-4,15-27,29-32,46H2,(H,48,49);1-2H3/b12-11-,34-28+;. The smallest absolute Gasteiger partial charge is 0.330 e. The van der Waals surface area contributed by atoms with Gasteiger partial charge in [0.05, 0.1) is 79.3 Å². The molecule has 1 saturated heterocycles. The Morgan fingerprint density at radius 1 is 0.826 bits per heavy atom.